The fourth-order valence-electron chi connectivity index (χ4n) is 5.65. The van der Waals surface area contributed by atoms with Gasteiger partial charge in [-0.25, -0.2) is 8.42 Å². The number of nitrogens with zero attached hydrogens (tertiary/aromatic N) is 2. The van der Waals surface area contributed by atoms with E-state index >= 15 is 0 Å². The topological polar surface area (TPSA) is 69.7 Å². The van der Waals surface area contributed by atoms with E-state index in [1.807, 2.05) is 13.8 Å². The van der Waals surface area contributed by atoms with Gasteiger partial charge in [0.2, 0.25) is 10.0 Å². The summed E-state index contributed by atoms with van der Waals surface area (Å²) in [5, 5.41) is 3.18. The first-order valence-corrected chi connectivity index (χ1v) is 13.9. The normalized spacial score (nSPS) is 24.6. The van der Waals surface area contributed by atoms with Gasteiger partial charge in [-0.15, -0.1) is 0 Å². The van der Waals surface area contributed by atoms with Crippen LogP contribution in [0.25, 0.3) is 0 Å². The van der Waals surface area contributed by atoms with Crippen molar-refractivity contribution in [1.82, 2.24) is 14.5 Å². The van der Waals surface area contributed by atoms with Crippen molar-refractivity contribution in [3.63, 3.8) is 0 Å². The van der Waals surface area contributed by atoms with Crippen molar-refractivity contribution >= 4 is 15.9 Å². The van der Waals surface area contributed by atoms with Crippen molar-refractivity contribution in [2.75, 3.05) is 26.2 Å². The minimum atomic E-state index is -3.59. The molecule has 1 N–H and O–H groups in total. The number of aryl methyl sites for hydroxylation is 1. The summed E-state index contributed by atoms with van der Waals surface area (Å²) >= 11 is 0. The molecule has 1 amide bonds. The highest BCUT2D eigenvalue weighted by Gasteiger charge is 2.32. The highest BCUT2D eigenvalue weighted by Crippen LogP contribution is 2.28. The van der Waals surface area contributed by atoms with Crippen molar-refractivity contribution < 1.29 is 13.2 Å². The zero-order valence-corrected chi connectivity index (χ0v) is 20.5. The van der Waals surface area contributed by atoms with Gasteiger partial charge in [0.15, 0.2) is 0 Å². The fourth-order valence-corrected chi connectivity index (χ4v) is 7.38. The summed E-state index contributed by atoms with van der Waals surface area (Å²) in [6, 6.07) is 5.15. The molecule has 1 saturated carbocycles. The van der Waals surface area contributed by atoms with Gasteiger partial charge in [0.25, 0.3) is 5.91 Å². The molecular weight excluding hydrogens is 422 g/mol. The standard InChI is InChI=1S/C25H39N3O3S/c1-19-10-11-23(32(30,31)28-14-6-5-7-20(28)2)17-24(19)25(29)26-22-12-15-27(16-13-22)18-21-8-3-4-9-21/h10-11,17,20-22H,3-9,12-16,18H2,1-2H3,(H,26,29). The molecule has 2 aliphatic heterocycles. The molecule has 0 bridgehead atoms. The van der Waals surface area contributed by atoms with E-state index in [0.717, 1.165) is 56.7 Å². The van der Waals surface area contributed by atoms with Gasteiger partial charge in [-0.05, 0) is 76.0 Å². The van der Waals surface area contributed by atoms with Crippen molar-refractivity contribution in [1.29, 1.82) is 0 Å². The summed E-state index contributed by atoms with van der Waals surface area (Å²) in [6.07, 6.45) is 10.2. The van der Waals surface area contributed by atoms with Crippen LogP contribution in [0.5, 0.6) is 0 Å². The maximum atomic E-state index is 13.2. The second-order valence-corrected chi connectivity index (χ2v) is 12.0. The smallest absolute Gasteiger partial charge is 0.251 e. The van der Waals surface area contributed by atoms with Gasteiger partial charge in [0.05, 0.1) is 4.90 Å². The average molecular weight is 462 g/mol. The van der Waals surface area contributed by atoms with Gasteiger partial charge in [0, 0.05) is 43.8 Å². The van der Waals surface area contributed by atoms with Gasteiger partial charge in [-0.3, -0.25) is 4.79 Å². The molecular formula is C25H39N3O3S. The summed E-state index contributed by atoms with van der Waals surface area (Å²) in [5.74, 6) is 0.705. The van der Waals surface area contributed by atoms with E-state index in [-0.39, 0.29) is 22.9 Å². The molecule has 2 heterocycles. The molecule has 1 aliphatic carbocycles. The number of amides is 1. The Morgan fingerprint density at radius 3 is 2.38 bits per heavy atom. The molecule has 2 saturated heterocycles. The van der Waals surface area contributed by atoms with Gasteiger partial charge in [-0.2, -0.15) is 4.31 Å². The number of likely N-dealkylation sites (tertiary alicyclic amines) is 1. The Morgan fingerprint density at radius 1 is 1.00 bits per heavy atom. The SMILES string of the molecule is Cc1ccc(S(=O)(=O)N2CCCCC2C)cc1C(=O)NC1CCN(CC2CCCC2)CC1. The summed E-state index contributed by atoms with van der Waals surface area (Å²) in [6.45, 7) is 7.66. The zero-order chi connectivity index (χ0) is 22.7. The predicted molar refractivity (Wildman–Crippen MR) is 127 cm³/mol. The number of hydrogen-bond donors (Lipinski definition) is 1. The minimum Gasteiger partial charge on any atom is -0.349 e. The molecule has 1 aromatic rings. The number of carbonyl (C=O) groups is 1. The maximum Gasteiger partial charge on any atom is 0.251 e. The lowest BCUT2D eigenvalue weighted by Gasteiger charge is -2.34. The first-order valence-electron chi connectivity index (χ1n) is 12.5. The summed E-state index contributed by atoms with van der Waals surface area (Å²) < 4.78 is 28.1. The zero-order valence-electron chi connectivity index (χ0n) is 19.7. The Kier molecular flexibility index (Phi) is 7.58. The minimum absolute atomic E-state index is 0.00162. The van der Waals surface area contributed by atoms with Gasteiger partial charge >= 0.3 is 0 Å². The molecule has 7 heteroatoms. The summed E-state index contributed by atoms with van der Waals surface area (Å²) in [5.41, 5.74) is 1.29. The molecule has 4 rings (SSSR count). The van der Waals surface area contributed by atoms with Crippen LogP contribution in [0.2, 0.25) is 0 Å². The summed E-state index contributed by atoms with van der Waals surface area (Å²) in [7, 11) is -3.59. The lowest BCUT2D eigenvalue weighted by atomic mass is 10.0. The van der Waals surface area contributed by atoms with Crippen molar-refractivity contribution in [2.45, 2.75) is 88.6 Å². The molecule has 178 valence electrons. The molecule has 1 aromatic carbocycles. The molecule has 1 unspecified atom stereocenters. The third-order valence-electron chi connectivity index (χ3n) is 7.72. The van der Waals surface area contributed by atoms with Crippen LogP contribution in [0.15, 0.2) is 23.1 Å². The number of hydrogen-bond acceptors (Lipinski definition) is 4. The van der Waals surface area contributed by atoms with Crippen molar-refractivity contribution in [3.8, 4) is 0 Å². The average Bonchev–Trinajstić information content (AvgIpc) is 3.28. The first-order chi connectivity index (χ1) is 15.3. The highest BCUT2D eigenvalue weighted by molar-refractivity contribution is 7.89. The van der Waals surface area contributed by atoms with Crippen molar-refractivity contribution in [2.24, 2.45) is 5.92 Å². The Labute approximate surface area is 193 Å². The monoisotopic (exact) mass is 461 g/mol. The van der Waals surface area contributed by atoms with Crippen LogP contribution >= 0.6 is 0 Å². The molecule has 0 spiro atoms. The van der Waals surface area contributed by atoms with E-state index in [4.69, 9.17) is 0 Å². The lowest BCUT2D eigenvalue weighted by Crippen LogP contribution is -2.45. The Bertz CT molecular complexity index is 903. The molecule has 1 atom stereocenters. The number of benzene rings is 1. The largest absolute Gasteiger partial charge is 0.349 e. The Hall–Kier alpha value is -1.44. The van der Waals surface area contributed by atoms with Crippen LogP contribution in [0.3, 0.4) is 0 Å². The molecule has 32 heavy (non-hydrogen) atoms. The van der Waals surface area contributed by atoms with E-state index in [0.29, 0.717) is 12.1 Å². The Morgan fingerprint density at radius 2 is 1.69 bits per heavy atom. The molecule has 6 nitrogen and oxygen atoms in total. The number of piperidine rings is 2. The quantitative estimate of drug-likeness (QED) is 0.697. The summed E-state index contributed by atoms with van der Waals surface area (Å²) in [4.78, 5) is 15.9. The van der Waals surface area contributed by atoms with E-state index in [9.17, 15) is 13.2 Å². The molecule has 0 radical (unpaired) electrons. The number of carbonyl (C=O) groups excluding carboxylic acids is 1. The Balaban J connectivity index is 1.38. The van der Waals surface area contributed by atoms with Crippen LogP contribution in [0.1, 0.15) is 80.6 Å². The van der Waals surface area contributed by atoms with Crippen LogP contribution in [-0.4, -0.2) is 61.8 Å². The number of sulfonamides is 1. The predicted octanol–water partition coefficient (Wildman–Crippen LogP) is 3.94. The fraction of sp³-hybridized carbons (Fsp3) is 0.720. The third kappa shape index (κ3) is 5.37. The maximum absolute atomic E-state index is 13.2. The first kappa shape index (κ1) is 23.7. The number of nitrogens with one attached hydrogen (secondary N) is 1. The van der Waals surface area contributed by atoms with E-state index in [1.54, 1.807) is 22.5 Å². The second kappa shape index (κ2) is 10.2. The van der Waals surface area contributed by atoms with Crippen LogP contribution in [-0.2, 0) is 10.0 Å². The van der Waals surface area contributed by atoms with Gasteiger partial charge < -0.3 is 10.2 Å². The molecule has 0 aromatic heterocycles. The van der Waals surface area contributed by atoms with Crippen LogP contribution in [0.4, 0.5) is 0 Å². The van der Waals surface area contributed by atoms with E-state index in [1.165, 1.54) is 32.2 Å². The highest BCUT2D eigenvalue weighted by atomic mass is 32.2. The van der Waals surface area contributed by atoms with E-state index in [2.05, 4.69) is 10.2 Å². The van der Waals surface area contributed by atoms with E-state index < -0.39 is 10.0 Å². The molecule has 3 aliphatic rings. The second-order valence-electron chi connectivity index (χ2n) is 10.1. The number of rotatable bonds is 6. The van der Waals surface area contributed by atoms with Gasteiger partial charge in [-0.1, -0.05) is 25.3 Å². The van der Waals surface area contributed by atoms with Crippen molar-refractivity contribution in [3.05, 3.63) is 29.3 Å². The molecule has 3 fully saturated rings. The van der Waals surface area contributed by atoms with Crippen LogP contribution in [0, 0.1) is 12.8 Å². The third-order valence-corrected chi connectivity index (χ3v) is 9.73. The lowest BCUT2D eigenvalue weighted by molar-refractivity contribution is 0.0905. The van der Waals surface area contributed by atoms with Crippen LogP contribution < -0.4 is 5.32 Å². The van der Waals surface area contributed by atoms with Gasteiger partial charge in [0.1, 0.15) is 0 Å².